The Kier molecular flexibility index (Phi) is 5.56. The molecule has 148 valence electrons. The van der Waals surface area contributed by atoms with E-state index in [9.17, 15) is 9.59 Å². The van der Waals surface area contributed by atoms with Crippen LogP contribution in [0.5, 0.6) is 0 Å². The lowest BCUT2D eigenvalue weighted by molar-refractivity contribution is -0.119. The number of benzene rings is 2. The van der Waals surface area contributed by atoms with Crippen LogP contribution in [0.25, 0.3) is 10.9 Å². The van der Waals surface area contributed by atoms with E-state index < -0.39 is 5.97 Å². The van der Waals surface area contributed by atoms with Gasteiger partial charge < -0.3 is 10.1 Å². The van der Waals surface area contributed by atoms with Crippen LogP contribution < -0.4 is 5.32 Å². The summed E-state index contributed by atoms with van der Waals surface area (Å²) in [5.74, 6) is -0.811. The first-order valence-corrected chi connectivity index (χ1v) is 10.1. The molecule has 5 heteroatoms. The van der Waals surface area contributed by atoms with Gasteiger partial charge in [0.15, 0.2) is 6.61 Å². The zero-order valence-electron chi connectivity index (χ0n) is 16.5. The van der Waals surface area contributed by atoms with Crippen LogP contribution in [0.3, 0.4) is 0 Å². The van der Waals surface area contributed by atoms with Gasteiger partial charge in [-0.15, -0.1) is 0 Å². The number of fused-ring (bicyclic) bond motifs is 2. The fraction of sp³-hybridized carbons (Fsp3) is 0.292. The third-order valence-electron chi connectivity index (χ3n) is 5.26. The predicted molar refractivity (Wildman–Crippen MR) is 113 cm³/mol. The molecule has 0 saturated carbocycles. The number of carbonyl (C=O) groups excluding carboxylic acids is 2. The topological polar surface area (TPSA) is 68.3 Å². The summed E-state index contributed by atoms with van der Waals surface area (Å²) >= 11 is 0. The van der Waals surface area contributed by atoms with Crippen molar-refractivity contribution in [2.75, 3.05) is 11.9 Å². The molecule has 1 N–H and O–H groups in total. The SMILES string of the molecule is Cc1cccc(NC(=O)COC(=O)c2c3c(nc4ccccc24)CCCCC3)c1. The molecule has 1 heterocycles. The number of pyridine rings is 1. The van der Waals surface area contributed by atoms with Crippen molar-refractivity contribution in [2.45, 2.75) is 39.0 Å². The summed E-state index contributed by atoms with van der Waals surface area (Å²) in [6, 6.07) is 15.1. The molecule has 0 bridgehead atoms. The highest BCUT2D eigenvalue weighted by Gasteiger charge is 2.23. The Morgan fingerprint density at radius 1 is 1.03 bits per heavy atom. The van der Waals surface area contributed by atoms with Gasteiger partial charge >= 0.3 is 5.97 Å². The Morgan fingerprint density at radius 3 is 2.72 bits per heavy atom. The minimum atomic E-state index is -0.457. The number of anilines is 1. The van der Waals surface area contributed by atoms with Gasteiger partial charge in [0.2, 0.25) is 0 Å². The van der Waals surface area contributed by atoms with Crippen molar-refractivity contribution in [3.8, 4) is 0 Å². The number of aromatic nitrogens is 1. The van der Waals surface area contributed by atoms with Gasteiger partial charge in [0.1, 0.15) is 0 Å². The molecular formula is C24H24N2O3. The quantitative estimate of drug-likeness (QED) is 0.524. The van der Waals surface area contributed by atoms with Gasteiger partial charge in [0.05, 0.1) is 11.1 Å². The molecule has 29 heavy (non-hydrogen) atoms. The number of nitrogens with zero attached hydrogens (tertiary/aromatic N) is 1. The van der Waals surface area contributed by atoms with Crippen LogP contribution >= 0.6 is 0 Å². The maximum absolute atomic E-state index is 13.0. The number of hydrogen-bond acceptors (Lipinski definition) is 4. The van der Waals surface area contributed by atoms with E-state index in [1.165, 1.54) is 0 Å². The fourth-order valence-electron chi connectivity index (χ4n) is 3.91. The Balaban J connectivity index is 1.56. The summed E-state index contributed by atoms with van der Waals surface area (Å²) in [4.78, 5) is 30.1. The van der Waals surface area contributed by atoms with Gasteiger partial charge in [-0.3, -0.25) is 9.78 Å². The Hall–Kier alpha value is -3.21. The average molecular weight is 388 g/mol. The number of rotatable bonds is 4. The largest absolute Gasteiger partial charge is 0.452 e. The molecule has 0 atom stereocenters. The van der Waals surface area contributed by atoms with Crippen molar-refractivity contribution in [1.29, 1.82) is 0 Å². The minimum Gasteiger partial charge on any atom is -0.452 e. The summed E-state index contributed by atoms with van der Waals surface area (Å²) < 4.78 is 5.43. The summed E-state index contributed by atoms with van der Waals surface area (Å²) in [5, 5.41) is 3.56. The van der Waals surface area contributed by atoms with E-state index in [1.807, 2.05) is 55.5 Å². The predicted octanol–water partition coefficient (Wildman–Crippen LogP) is 4.61. The second-order valence-electron chi connectivity index (χ2n) is 7.48. The Morgan fingerprint density at radius 2 is 1.86 bits per heavy atom. The van der Waals surface area contributed by atoms with Crippen LogP contribution in [-0.2, 0) is 22.4 Å². The number of hydrogen-bond donors (Lipinski definition) is 1. The molecule has 0 radical (unpaired) electrons. The number of nitrogens with one attached hydrogen (secondary N) is 1. The van der Waals surface area contributed by atoms with Gasteiger partial charge in [0, 0.05) is 16.8 Å². The van der Waals surface area contributed by atoms with Crippen LogP contribution in [0.15, 0.2) is 48.5 Å². The molecule has 1 aliphatic rings. The first-order valence-electron chi connectivity index (χ1n) is 10.1. The fourth-order valence-corrected chi connectivity index (χ4v) is 3.91. The molecule has 5 nitrogen and oxygen atoms in total. The molecule has 0 fully saturated rings. The van der Waals surface area contributed by atoms with Crippen molar-refractivity contribution >= 4 is 28.5 Å². The maximum Gasteiger partial charge on any atom is 0.339 e. The molecule has 1 aromatic heterocycles. The first kappa shape index (κ1) is 19.1. The number of amides is 1. The van der Waals surface area contributed by atoms with Crippen molar-refractivity contribution in [2.24, 2.45) is 0 Å². The van der Waals surface area contributed by atoms with Crippen molar-refractivity contribution in [3.63, 3.8) is 0 Å². The normalized spacial score (nSPS) is 13.4. The number of ether oxygens (including phenoxy) is 1. The van der Waals surface area contributed by atoms with E-state index in [2.05, 4.69) is 5.32 Å². The van der Waals surface area contributed by atoms with Crippen molar-refractivity contribution < 1.29 is 14.3 Å². The molecule has 0 saturated heterocycles. The third kappa shape index (κ3) is 4.29. The number of para-hydroxylation sites is 1. The lowest BCUT2D eigenvalue weighted by Gasteiger charge is -2.15. The van der Waals surface area contributed by atoms with Gasteiger partial charge in [0.25, 0.3) is 5.91 Å². The Bertz CT molecular complexity index is 1070. The highest BCUT2D eigenvalue weighted by molar-refractivity contribution is 6.06. The molecule has 4 rings (SSSR count). The van der Waals surface area contributed by atoms with E-state index in [4.69, 9.17) is 9.72 Å². The molecule has 0 unspecified atom stereocenters. The third-order valence-corrected chi connectivity index (χ3v) is 5.26. The van der Waals surface area contributed by atoms with Gasteiger partial charge in [-0.1, -0.05) is 36.8 Å². The Labute approximate surface area is 170 Å². The number of esters is 1. The van der Waals surface area contributed by atoms with E-state index >= 15 is 0 Å². The molecule has 0 spiro atoms. The molecule has 1 aliphatic carbocycles. The summed E-state index contributed by atoms with van der Waals surface area (Å²) in [6.07, 6.45) is 4.91. The van der Waals surface area contributed by atoms with Crippen LogP contribution in [0, 0.1) is 6.92 Å². The highest BCUT2D eigenvalue weighted by Crippen LogP contribution is 2.29. The van der Waals surface area contributed by atoms with Crippen LogP contribution in [0.4, 0.5) is 5.69 Å². The van der Waals surface area contributed by atoms with Crippen LogP contribution in [0.2, 0.25) is 0 Å². The maximum atomic E-state index is 13.0. The molecule has 1 amide bonds. The zero-order valence-corrected chi connectivity index (χ0v) is 16.5. The number of carbonyl (C=O) groups is 2. The van der Waals surface area contributed by atoms with Gasteiger partial charge in [-0.25, -0.2) is 4.79 Å². The standard InChI is InChI=1S/C24H24N2O3/c1-16-8-7-9-17(14-16)25-22(27)15-29-24(28)23-18-10-3-2-4-12-20(18)26-21-13-6-5-11-19(21)23/h5-9,11,13-14H,2-4,10,12,15H2,1H3,(H,25,27). The smallest absolute Gasteiger partial charge is 0.339 e. The van der Waals surface area contributed by atoms with Crippen molar-refractivity contribution in [1.82, 2.24) is 4.98 Å². The van der Waals surface area contributed by atoms with E-state index in [-0.39, 0.29) is 12.5 Å². The molecular weight excluding hydrogens is 364 g/mol. The van der Waals surface area contributed by atoms with Crippen molar-refractivity contribution in [3.05, 3.63) is 70.9 Å². The van der Waals surface area contributed by atoms with E-state index in [1.54, 1.807) is 0 Å². The minimum absolute atomic E-state index is 0.321. The van der Waals surface area contributed by atoms with Gasteiger partial charge in [-0.2, -0.15) is 0 Å². The van der Waals surface area contributed by atoms with Gasteiger partial charge in [-0.05, 0) is 61.9 Å². The lowest BCUT2D eigenvalue weighted by Crippen LogP contribution is -2.22. The van der Waals surface area contributed by atoms with Crippen LogP contribution in [-0.4, -0.2) is 23.5 Å². The van der Waals surface area contributed by atoms with E-state index in [0.717, 1.165) is 59.8 Å². The number of aryl methyl sites for hydroxylation is 2. The lowest BCUT2D eigenvalue weighted by atomic mass is 9.97. The molecule has 0 aliphatic heterocycles. The summed E-state index contributed by atoms with van der Waals surface area (Å²) in [6.45, 7) is 1.63. The molecule has 2 aromatic carbocycles. The summed E-state index contributed by atoms with van der Waals surface area (Å²) in [5.41, 5.74) is 5.06. The second kappa shape index (κ2) is 8.43. The zero-order chi connectivity index (χ0) is 20.2. The summed E-state index contributed by atoms with van der Waals surface area (Å²) in [7, 11) is 0. The second-order valence-corrected chi connectivity index (χ2v) is 7.48. The highest BCUT2D eigenvalue weighted by atomic mass is 16.5. The van der Waals surface area contributed by atoms with Crippen LogP contribution in [0.1, 0.15) is 46.4 Å². The first-order chi connectivity index (χ1) is 14.1. The monoisotopic (exact) mass is 388 g/mol. The van der Waals surface area contributed by atoms with E-state index in [0.29, 0.717) is 11.3 Å². The average Bonchev–Trinajstić information content (AvgIpc) is 2.95. The molecule has 3 aromatic rings.